The minimum absolute atomic E-state index is 0.0815. The number of hydrogen-bond acceptors (Lipinski definition) is 4. The van der Waals surface area contributed by atoms with Crippen LogP contribution in [0.25, 0.3) is 0 Å². The summed E-state index contributed by atoms with van der Waals surface area (Å²) in [5, 5.41) is 5.31. The molecule has 1 heterocycles. The van der Waals surface area contributed by atoms with Gasteiger partial charge in [0.15, 0.2) is 0 Å². The van der Waals surface area contributed by atoms with Crippen molar-refractivity contribution >= 4 is 21.7 Å². The van der Waals surface area contributed by atoms with Crippen molar-refractivity contribution in [1.29, 1.82) is 0 Å². The maximum Gasteiger partial charge on any atom is 0.319 e. The molecule has 0 aliphatic rings. The molecule has 8 heteroatoms. The second-order valence-electron chi connectivity index (χ2n) is 6.51. The lowest BCUT2D eigenvalue weighted by atomic mass is 10.1. The van der Waals surface area contributed by atoms with Crippen LogP contribution in [0.15, 0.2) is 53.7 Å². The van der Waals surface area contributed by atoms with Crippen molar-refractivity contribution in [3.8, 4) is 0 Å². The molecule has 1 aromatic heterocycles. The minimum Gasteiger partial charge on any atom is -0.334 e. The van der Waals surface area contributed by atoms with Crippen molar-refractivity contribution in [3.05, 3.63) is 54.4 Å². The van der Waals surface area contributed by atoms with Gasteiger partial charge in [0.2, 0.25) is 10.0 Å². The van der Waals surface area contributed by atoms with E-state index in [9.17, 15) is 13.2 Å². The van der Waals surface area contributed by atoms with Crippen LogP contribution in [0.4, 0.5) is 10.5 Å². The highest BCUT2D eigenvalue weighted by Crippen LogP contribution is 2.17. The highest BCUT2D eigenvalue weighted by Gasteiger charge is 2.24. The van der Waals surface area contributed by atoms with Gasteiger partial charge in [-0.2, -0.15) is 0 Å². The fraction of sp³-hybridized carbons (Fsp3) is 0.294. The summed E-state index contributed by atoms with van der Waals surface area (Å²) < 4.78 is 27.7. The summed E-state index contributed by atoms with van der Waals surface area (Å²) in [5.41, 5.74) is 0.505. The van der Waals surface area contributed by atoms with Crippen LogP contribution in [0.5, 0.6) is 0 Å². The molecule has 2 aromatic rings. The van der Waals surface area contributed by atoms with Gasteiger partial charge >= 0.3 is 6.03 Å². The van der Waals surface area contributed by atoms with Crippen molar-refractivity contribution in [3.63, 3.8) is 0 Å². The lowest BCUT2D eigenvalue weighted by Gasteiger charge is -2.21. The zero-order chi connectivity index (χ0) is 18.5. The van der Waals surface area contributed by atoms with Gasteiger partial charge in [0, 0.05) is 30.2 Å². The normalized spacial score (nSPS) is 11.8. The second kappa shape index (κ2) is 7.62. The van der Waals surface area contributed by atoms with E-state index in [0.29, 0.717) is 11.3 Å². The molecule has 0 saturated carbocycles. The van der Waals surface area contributed by atoms with E-state index in [-0.39, 0.29) is 11.4 Å². The quantitative estimate of drug-likeness (QED) is 0.761. The summed E-state index contributed by atoms with van der Waals surface area (Å²) in [6, 6.07) is 9.46. The van der Waals surface area contributed by atoms with Crippen molar-refractivity contribution < 1.29 is 13.2 Å². The molecule has 3 N–H and O–H groups in total. The fourth-order valence-electron chi connectivity index (χ4n) is 2.16. The van der Waals surface area contributed by atoms with Crippen LogP contribution in [-0.4, -0.2) is 25.0 Å². The van der Waals surface area contributed by atoms with E-state index in [1.54, 1.807) is 63.5 Å². The number of rotatable bonds is 5. The minimum atomic E-state index is -3.69. The molecule has 0 aliphatic heterocycles. The predicted octanol–water partition coefficient (Wildman–Crippen LogP) is 2.48. The Bertz CT molecular complexity index is 830. The van der Waals surface area contributed by atoms with E-state index >= 15 is 0 Å². The Morgan fingerprint density at radius 2 is 1.72 bits per heavy atom. The zero-order valence-electron chi connectivity index (χ0n) is 14.4. The molecule has 0 aliphatic carbocycles. The predicted molar refractivity (Wildman–Crippen MR) is 96.6 cm³/mol. The number of urea groups is 1. The summed E-state index contributed by atoms with van der Waals surface area (Å²) in [5.74, 6) is 0. The lowest BCUT2D eigenvalue weighted by Crippen LogP contribution is -2.41. The molecule has 0 unspecified atom stereocenters. The topological polar surface area (TPSA) is 100 Å². The smallest absolute Gasteiger partial charge is 0.319 e. The molecule has 25 heavy (non-hydrogen) atoms. The third-order valence-electron chi connectivity index (χ3n) is 3.08. The first-order valence-corrected chi connectivity index (χ1v) is 9.22. The third kappa shape index (κ3) is 5.84. The van der Waals surface area contributed by atoms with Gasteiger partial charge in [-0.15, -0.1) is 0 Å². The Morgan fingerprint density at radius 3 is 2.36 bits per heavy atom. The summed E-state index contributed by atoms with van der Waals surface area (Å²) in [6.07, 6.45) is 3.13. The molecule has 0 radical (unpaired) electrons. The number of nitrogens with one attached hydrogen (secondary N) is 3. The summed E-state index contributed by atoms with van der Waals surface area (Å²) >= 11 is 0. The number of amides is 2. The van der Waals surface area contributed by atoms with Crippen LogP contribution in [0.1, 0.15) is 26.3 Å². The van der Waals surface area contributed by atoms with E-state index in [1.807, 2.05) is 0 Å². The van der Waals surface area contributed by atoms with Crippen LogP contribution < -0.4 is 15.4 Å². The average Bonchev–Trinajstić information content (AvgIpc) is 2.52. The van der Waals surface area contributed by atoms with Crippen LogP contribution in [0, 0.1) is 0 Å². The number of carbonyl (C=O) groups is 1. The van der Waals surface area contributed by atoms with Gasteiger partial charge in [-0.25, -0.2) is 17.9 Å². The van der Waals surface area contributed by atoms with Gasteiger partial charge in [0.05, 0.1) is 4.90 Å². The Morgan fingerprint density at radius 1 is 1.08 bits per heavy atom. The highest BCUT2D eigenvalue weighted by atomic mass is 32.2. The molecule has 134 valence electrons. The van der Waals surface area contributed by atoms with Gasteiger partial charge in [-0.3, -0.25) is 4.98 Å². The van der Waals surface area contributed by atoms with Crippen LogP contribution in [-0.2, 0) is 16.6 Å². The van der Waals surface area contributed by atoms with E-state index < -0.39 is 21.6 Å². The number of benzene rings is 1. The Kier molecular flexibility index (Phi) is 5.76. The fourth-order valence-corrected chi connectivity index (χ4v) is 3.82. The number of carbonyl (C=O) groups excluding carboxylic acids is 1. The molecule has 0 saturated heterocycles. The highest BCUT2D eigenvalue weighted by molar-refractivity contribution is 7.89. The summed E-state index contributed by atoms with van der Waals surface area (Å²) in [4.78, 5) is 16.0. The van der Waals surface area contributed by atoms with Crippen LogP contribution in [0.3, 0.4) is 0 Å². The van der Waals surface area contributed by atoms with Gasteiger partial charge in [-0.05, 0) is 44.5 Å². The molecule has 0 spiro atoms. The number of pyridine rings is 1. The van der Waals surface area contributed by atoms with E-state index in [0.717, 1.165) is 0 Å². The largest absolute Gasteiger partial charge is 0.334 e. The molecule has 0 bridgehead atoms. The van der Waals surface area contributed by atoms with Crippen molar-refractivity contribution in [2.24, 2.45) is 0 Å². The summed E-state index contributed by atoms with van der Waals surface area (Å²) in [7, 11) is -3.69. The number of aromatic nitrogens is 1. The standard InChI is InChI=1S/C17H22N4O3S/c1-17(2,3)21-25(23,24)15-7-5-4-6-13(15)12-19-16(22)20-14-8-10-18-11-9-14/h4-11,21H,12H2,1-3H3,(H2,18,19,20,22). The molecule has 0 fully saturated rings. The maximum atomic E-state index is 12.6. The van der Waals surface area contributed by atoms with E-state index in [2.05, 4.69) is 20.3 Å². The van der Waals surface area contributed by atoms with Crippen molar-refractivity contribution in [2.75, 3.05) is 5.32 Å². The Hall–Kier alpha value is -2.45. The molecular formula is C17H22N4O3S. The Labute approximate surface area is 147 Å². The first-order valence-electron chi connectivity index (χ1n) is 7.74. The van der Waals surface area contributed by atoms with Gasteiger partial charge in [0.1, 0.15) is 0 Å². The van der Waals surface area contributed by atoms with Gasteiger partial charge < -0.3 is 10.6 Å². The van der Waals surface area contributed by atoms with E-state index in [1.165, 1.54) is 6.07 Å². The SMILES string of the molecule is CC(C)(C)NS(=O)(=O)c1ccccc1CNC(=O)Nc1ccncc1. The van der Waals surface area contributed by atoms with Gasteiger partial charge in [0.25, 0.3) is 0 Å². The number of anilines is 1. The first-order chi connectivity index (χ1) is 11.7. The lowest BCUT2D eigenvalue weighted by molar-refractivity contribution is 0.251. The monoisotopic (exact) mass is 362 g/mol. The molecule has 7 nitrogen and oxygen atoms in total. The van der Waals surface area contributed by atoms with Gasteiger partial charge in [-0.1, -0.05) is 18.2 Å². The number of sulfonamides is 1. The number of hydrogen-bond donors (Lipinski definition) is 3. The first kappa shape index (κ1) is 18.9. The molecular weight excluding hydrogens is 340 g/mol. The van der Waals surface area contributed by atoms with E-state index in [4.69, 9.17) is 0 Å². The Balaban J connectivity index is 2.09. The maximum absolute atomic E-state index is 12.6. The second-order valence-corrected chi connectivity index (χ2v) is 8.16. The third-order valence-corrected chi connectivity index (χ3v) is 4.94. The summed E-state index contributed by atoms with van der Waals surface area (Å²) in [6.45, 7) is 5.40. The zero-order valence-corrected chi connectivity index (χ0v) is 15.2. The molecule has 0 atom stereocenters. The molecule has 1 aromatic carbocycles. The number of nitrogens with zero attached hydrogens (tertiary/aromatic N) is 1. The molecule has 2 amide bonds. The molecule has 2 rings (SSSR count). The van der Waals surface area contributed by atoms with Crippen LogP contribution in [0.2, 0.25) is 0 Å². The van der Waals surface area contributed by atoms with Crippen molar-refractivity contribution in [2.45, 2.75) is 37.8 Å². The van der Waals surface area contributed by atoms with Crippen molar-refractivity contribution in [1.82, 2.24) is 15.0 Å². The average molecular weight is 362 g/mol. The van der Waals surface area contributed by atoms with Crippen LogP contribution >= 0.6 is 0 Å².